The molecule has 1 saturated heterocycles. The molecule has 1 aliphatic heterocycles. The lowest BCUT2D eigenvalue weighted by Crippen LogP contribution is -2.26. The first-order chi connectivity index (χ1) is 16.5. The predicted molar refractivity (Wildman–Crippen MR) is 137 cm³/mol. The molecular formula is C27H34N6O. The SMILES string of the molecule is CC1CCCN1Cc1cc(CN(C)C)cc(Nc2nccc(-c3cccc(CNC=O)c3)n2)c1. The second-order valence-corrected chi connectivity index (χ2v) is 9.33. The Hall–Kier alpha value is -3.29. The molecule has 4 rings (SSSR count). The molecule has 1 fully saturated rings. The number of amides is 1. The lowest BCUT2D eigenvalue weighted by Gasteiger charge is -2.22. The number of nitrogens with zero attached hydrogens (tertiary/aromatic N) is 4. The van der Waals surface area contributed by atoms with E-state index in [0.717, 1.165) is 42.1 Å². The highest BCUT2D eigenvalue weighted by Crippen LogP contribution is 2.25. The second-order valence-electron chi connectivity index (χ2n) is 9.33. The first-order valence-electron chi connectivity index (χ1n) is 11.9. The van der Waals surface area contributed by atoms with Crippen molar-refractivity contribution >= 4 is 18.0 Å². The monoisotopic (exact) mass is 458 g/mol. The maximum Gasteiger partial charge on any atom is 0.227 e. The Balaban J connectivity index is 1.56. The Labute approximate surface area is 202 Å². The van der Waals surface area contributed by atoms with Gasteiger partial charge in [0.25, 0.3) is 0 Å². The maximum atomic E-state index is 10.6. The van der Waals surface area contributed by atoms with Crippen molar-refractivity contribution in [2.24, 2.45) is 0 Å². The first-order valence-corrected chi connectivity index (χ1v) is 11.9. The van der Waals surface area contributed by atoms with Crippen molar-refractivity contribution in [3.63, 3.8) is 0 Å². The van der Waals surface area contributed by atoms with E-state index in [1.165, 1.54) is 24.0 Å². The van der Waals surface area contributed by atoms with Gasteiger partial charge < -0.3 is 15.5 Å². The molecule has 7 nitrogen and oxygen atoms in total. The summed E-state index contributed by atoms with van der Waals surface area (Å²) in [6.07, 6.45) is 5.03. The number of anilines is 2. The zero-order valence-electron chi connectivity index (χ0n) is 20.3. The molecule has 0 spiro atoms. The molecular weight excluding hydrogens is 424 g/mol. The van der Waals surface area contributed by atoms with Crippen LogP contribution in [0.4, 0.5) is 11.6 Å². The number of hydrogen-bond acceptors (Lipinski definition) is 6. The van der Waals surface area contributed by atoms with Crippen molar-refractivity contribution in [2.45, 2.75) is 45.4 Å². The van der Waals surface area contributed by atoms with Gasteiger partial charge in [0, 0.05) is 43.1 Å². The van der Waals surface area contributed by atoms with Crippen LogP contribution in [0, 0.1) is 0 Å². The van der Waals surface area contributed by atoms with E-state index in [0.29, 0.717) is 24.9 Å². The number of likely N-dealkylation sites (tertiary alicyclic amines) is 1. The molecule has 3 aromatic rings. The summed E-state index contributed by atoms with van der Waals surface area (Å²) < 4.78 is 0. The maximum absolute atomic E-state index is 10.6. The largest absolute Gasteiger partial charge is 0.355 e. The van der Waals surface area contributed by atoms with Crippen molar-refractivity contribution in [3.8, 4) is 11.3 Å². The Bertz CT molecular complexity index is 1120. The van der Waals surface area contributed by atoms with Crippen LogP contribution in [0.25, 0.3) is 11.3 Å². The van der Waals surface area contributed by atoms with Gasteiger partial charge in [-0.3, -0.25) is 9.69 Å². The van der Waals surface area contributed by atoms with Crippen molar-refractivity contribution in [1.29, 1.82) is 0 Å². The normalized spacial score (nSPS) is 16.1. The Morgan fingerprint density at radius 3 is 2.74 bits per heavy atom. The molecule has 2 N–H and O–H groups in total. The molecule has 34 heavy (non-hydrogen) atoms. The second kappa shape index (κ2) is 11.2. The molecule has 1 aromatic heterocycles. The Morgan fingerprint density at radius 2 is 1.97 bits per heavy atom. The third-order valence-electron chi connectivity index (χ3n) is 6.15. The lowest BCUT2D eigenvalue weighted by atomic mass is 10.1. The van der Waals surface area contributed by atoms with Crippen molar-refractivity contribution in [2.75, 3.05) is 26.0 Å². The van der Waals surface area contributed by atoms with Crippen LogP contribution >= 0.6 is 0 Å². The molecule has 1 amide bonds. The molecule has 0 radical (unpaired) electrons. The fraction of sp³-hybridized carbons (Fsp3) is 0.370. The molecule has 0 saturated carbocycles. The number of carbonyl (C=O) groups excluding carboxylic acids is 1. The average Bonchev–Trinajstić information content (AvgIpc) is 3.21. The zero-order chi connectivity index (χ0) is 23.9. The van der Waals surface area contributed by atoms with Crippen LogP contribution in [0.15, 0.2) is 54.7 Å². The summed E-state index contributed by atoms with van der Waals surface area (Å²) >= 11 is 0. The number of nitrogens with one attached hydrogen (secondary N) is 2. The summed E-state index contributed by atoms with van der Waals surface area (Å²) in [5, 5.41) is 6.14. The number of hydrogen-bond donors (Lipinski definition) is 2. The minimum Gasteiger partial charge on any atom is -0.355 e. The third kappa shape index (κ3) is 6.40. The predicted octanol–water partition coefficient (Wildman–Crippen LogP) is 4.18. The standard InChI is InChI=1S/C27H34N6O/c1-20-6-5-11-33(20)18-23-12-22(17-32(2)3)14-25(15-23)30-27-29-10-9-26(31-27)24-8-4-7-21(13-24)16-28-19-34/h4,7-10,12-15,19-20H,5-6,11,16-18H2,1-3H3,(H,28,34)(H,29,30,31). The molecule has 1 atom stereocenters. The van der Waals surface area contributed by atoms with E-state index in [4.69, 9.17) is 4.98 Å². The number of benzene rings is 2. The van der Waals surface area contributed by atoms with E-state index in [2.05, 4.69) is 64.6 Å². The average molecular weight is 459 g/mol. The fourth-order valence-electron chi connectivity index (χ4n) is 4.55. The number of rotatable bonds is 10. The van der Waals surface area contributed by atoms with E-state index in [-0.39, 0.29) is 0 Å². The van der Waals surface area contributed by atoms with Crippen molar-refractivity contribution < 1.29 is 4.79 Å². The minimum atomic E-state index is 0.491. The van der Waals surface area contributed by atoms with Gasteiger partial charge in [-0.05, 0) is 81.4 Å². The summed E-state index contributed by atoms with van der Waals surface area (Å²) in [4.78, 5) is 24.6. The van der Waals surface area contributed by atoms with Crippen LogP contribution in [-0.2, 0) is 24.4 Å². The van der Waals surface area contributed by atoms with Gasteiger partial charge in [-0.1, -0.05) is 24.3 Å². The van der Waals surface area contributed by atoms with Crippen LogP contribution in [0.1, 0.15) is 36.5 Å². The van der Waals surface area contributed by atoms with E-state index >= 15 is 0 Å². The van der Waals surface area contributed by atoms with Gasteiger partial charge in [0.05, 0.1) is 5.69 Å². The van der Waals surface area contributed by atoms with Crippen LogP contribution in [0.3, 0.4) is 0 Å². The highest BCUT2D eigenvalue weighted by atomic mass is 16.1. The molecule has 2 aromatic carbocycles. The Kier molecular flexibility index (Phi) is 7.87. The molecule has 1 aliphatic rings. The summed E-state index contributed by atoms with van der Waals surface area (Å²) in [5.41, 5.74) is 6.42. The van der Waals surface area contributed by atoms with E-state index in [9.17, 15) is 4.79 Å². The molecule has 2 heterocycles. The summed E-state index contributed by atoms with van der Waals surface area (Å²) in [6, 6.07) is 17.3. The van der Waals surface area contributed by atoms with Gasteiger partial charge in [-0.15, -0.1) is 0 Å². The summed E-state index contributed by atoms with van der Waals surface area (Å²) in [5.74, 6) is 0.566. The summed E-state index contributed by atoms with van der Waals surface area (Å²) in [6.45, 7) is 5.80. The highest BCUT2D eigenvalue weighted by molar-refractivity contribution is 5.63. The quantitative estimate of drug-likeness (QED) is 0.444. The van der Waals surface area contributed by atoms with Crippen LogP contribution in [0.2, 0.25) is 0 Å². The van der Waals surface area contributed by atoms with E-state index in [1.807, 2.05) is 30.3 Å². The van der Waals surface area contributed by atoms with Gasteiger partial charge in [-0.2, -0.15) is 0 Å². The smallest absolute Gasteiger partial charge is 0.227 e. The molecule has 178 valence electrons. The van der Waals surface area contributed by atoms with Crippen LogP contribution < -0.4 is 10.6 Å². The molecule has 1 unspecified atom stereocenters. The van der Waals surface area contributed by atoms with Gasteiger partial charge >= 0.3 is 0 Å². The Morgan fingerprint density at radius 1 is 1.12 bits per heavy atom. The van der Waals surface area contributed by atoms with Crippen LogP contribution in [0.5, 0.6) is 0 Å². The minimum absolute atomic E-state index is 0.491. The van der Waals surface area contributed by atoms with Gasteiger partial charge in [0.2, 0.25) is 12.4 Å². The van der Waals surface area contributed by atoms with E-state index < -0.39 is 0 Å². The number of aromatic nitrogens is 2. The molecule has 7 heteroatoms. The van der Waals surface area contributed by atoms with Gasteiger partial charge in [0.15, 0.2) is 0 Å². The van der Waals surface area contributed by atoms with Crippen molar-refractivity contribution in [3.05, 3.63) is 71.4 Å². The van der Waals surface area contributed by atoms with Crippen molar-refractivity contribution in [1.82, 2.24) is 25.1 Å². The summed E-state index contributed by atoms with van der Waals surface area (Å²) in [7, 11) is 4.18. The third-order valence-corrected chi connectivity index (χ3v) is 6.15. The van der Waals surface area contributed by atoms with E-state index in [1.54, 1.807) is 6.20 Å². The topological polar surface area (TPSA) is 73.4 Å². The van der Waals surface area contributed by atoms with Gasteiger partial charge in [-0.25, -0.2) is 9.97 Å². The molecule has 0 bridgehead atoms. The van der Waals surface area contributed by atoms with Crippen LogP contribution in [-0.4, -0.2) is 52.9 Å². The molecule has 0 aliphatic carbocycles. The van der Waals surface area contributed by atoms with Gasteiger partial charge in [0.1, 0.15) is 0 Å². The first kappa shape index (κ1) is 23.9. The highest BCUT2D eigenvalue weighted by Gasteiger charge is 2.20. The number of carbonyl (C=O) groups is 1. The fourth-order valence-corrected chi connectivity index (χ4v) is 4.55. The zero-order valence-corrected chi connectivity index (χ0v) is 20.3. The lowest BCUT2D eigenvalue weighted by molar-refractivity contribution is -0.109.